The zero-order valence-corrected chi connectivity index (χ0v) is 11.7. The Labute approximate surface area is 122 Å². The molecule has 0 fully saturated rings. The van der Waals surface area contributed by atoms with Crippen LogP contribution >= 0.6 is 0 Å². The molecule has 0 aliphatic rings. The molecule has 1 N–H and O–H groups in total. The minimum absolute atomic E-state index is 0.221. The molecule has 0 saturated carbocycles. The Morgan fingerprint density at radius 2 is 2.10 bits per heavy atom. The number of hydrogen-bond donors (Lipinski definition) is 1. The summed E-state index contributed by atoms with van der Waals surface area (Å²) in [6.45, 7) is 3.32. The highest BCUT2D eigenvalue weighted by Crippen LogP contribution is 2.16. The second-order valence-electron chi connectivity index (χ2n) is 4.77. The van der Waals surface area contributed by atoms with Crippen LogP contribution in [0.5, 0.6) is 0 Å². The van der Waals surface area contributed by atoms with Gasteiger partial charge >= 0.3 is 0 Å². The van der Waals surface area contributed by atoms with Gasteiger partial charge in [0.2, 0.25) is 11.8 Å². The largest absolute Gasteiger partial charge is 0.419 e. The number of nitrogens with zero attached hydrogens (tertiary/aromatic N) is 5. The molecular formula is C14H16N6O. The molecule has 0 spiro atoms. The summed E-state index contributed by atoms with van der Waals surface area (Å²) in [5, 5.41) is 15.5. The normalized spacial score (nSPS) is 12.4. The van der Waals surface area contributed by atoms with Crippen LogP contribution in [0.2, 0.25) is 0 Å². The fraction of sp³-hybridized carbons (Fsp3) is 0.286. The predicted octanol–water partition coefficient (Wildman–Crippen LogP) is 1.51. The highest BCUT2D eigenvalue weighted by Gasteiger charge is 2.09. The molecule has 0 aliphatic carbocycles. The summed E-state index contributed by atoms with van der Waals surface area (Å²) in [4.78, 5) is 3.91. The van der Waals surface area contributed by atoms with Crippen LogP contribution in [0.4, 0.5) is 0 Å². The van der Waals surface area contributed by atoms with Gasteiger partial charge in [-0.2, -0.15) is 5.10 Å². The van der Waals surface area contributed by atoms with Crippen molar-refractivity contribution in [3.8, 4) is 11.5 Å². The van der Waals surface area contributed by atoms with Crippen LogP contribution in [0, 0.1) is 0 Å². The Kier molecular flexibility index (Phi) is 4.02. The van der Waals surface area contributed by atoms with Crippen LogP contribution < -0.4 is 5.32 Å². The maximum atomic E-state index is 5.64. The summed E-state index contributed by atoms with van der Waals surface area (Å²) in [5.74, 6) is 1.11. The van der Waals surface area contributed by atoms with Crippen molar-refractivity contribution in [2.75, 3.05) is 0 Å². The smallest absolute Gasteiger partial charge is 0.247 e. The van der Waals surface area contributed by atoms with Crippen LogP contribution in [0.15, 0.2) is 47.4 Å². The molecule has 0 unspecified atom stereocenters. The molecule has 1 aromatic carbocycles. The van der Waals surface area contributed by atoms with E-state index in [4.69, 9.17) is 4.42 Å². The fourth-order valence-corrected chi connectivity index (χ4v) is 1.96. The van der Waals surface area contributed by atoms with E-state index in [0.717, 1.165) is 12.1 Å². The molecule has 3 aromatic rings. The van der Waals surface area contributed by atoms with Crippen LogP contribution in [-0.4, -0.2) is 31.0 Å². The molecule has 0 radical (unpaired) electrons. The van der Waals surface area contributed by atoms with E-state index in [0.29, 0.717) is 18.3 Å². The van der Waals surface area contributed by atoms with E-state index in [1.165, 1.54) is 6.33 Å². The van der Waals surface area contributed by atoms with Crippen molar-refractivity contribution >= 4 is 0 Å². The van der Waals surface area contributed by atoms with Gasteiger partial charge in [0.25, 0.3) is 0 Å². The molecule has 2 aromatic heterocycles. The first-order valence-corrected chi connectivity index (χ1v) is 6.75. The third-order valence-corrected chi connectivity index (χ3v) is 3.02. The van der Waals surface area contributed by atoms with E-state index < -0.39 is 0 Å². The van der Waals surface area contributed by atoms with Crippen LogP contribution in [0.1, 0.15) is 12.8 Å². The van der Waals surface area contributed by atoms with Crippen molar-refractivity contribution in [2.24, 2.45) is 0 Å². The second kappa shape index (κ2) is 6.27. The number of aromatic nitrogens is 5. The Bertz CT molecular complexity index is 664. The number of rotatable bonds is 6. The van der Waals surface area contributed by atoms with Crippen molar-refractivity contribution in [3.05, 3.63) is 48.9 Å². The Morgan fingerprint density at radius 1 is 1.24 bits per heavy atom. The number of benzene rings is 1. The average molecular weight is 284 g/mol. The quantitative estimate of drug-likeness (QED) is 0.739. The molecule has 0 saturated heterocycles. The summed E-state index contributed by atoms with van der Waals surface area (Å²) >= 11 is 0. The lowest BCUT2D eigenvalue weighted by molar-refractivity contribution is 0.410. The van der Waals surface area contributed by atoms with E-state index in [-0.39, 0.29) is 6.04 Å². The van der Waals surface area contributed by atoms with Crippen molar-refractivity contribution in [2.45, 2.75) is 26.1 Å². The average Bonchev–Trinajstić information content (AvgIpc) is 3.17. The third-order valence-electron chi connectivity index (χ3n) is 3.02. The highest BCUT2D eigenvalue weighted by molar-refractivity contribution is 5.51. The van der Waals surface area contributed by atoms with Gasteiger partial charge in [-0.1, -0.05) is 18.2 Å². The van der Waals surface area contributed by atoms with E-state index in [2.05, 4.69) is 32.5 Å². The Balaban J connectivity index is 1.55. The van der Waals surface area contributed by atoms with Gasteiger partial charge in [-0.3, -0.25) is 4.68 Å². The lowest BCUT2D eigenvalue weighted by Gasteiger charge is -2.11. The molecule has 0 amide bonds. The highest BCUT2D eigenvalue weighted by atomic mass is 16.4. The molecule has 2 heterocycles. The van der Waals surface area contributed by atoms with E-state index >= 15 is 0 Å². The van der Waals surface area contributed by atoms with Gasteiger partial charge in [-0.25, -0.2) is 4.98 Å². The molecule has 0 aliphatic heterocycles. The lowest BCUT2D eigenvalue weighted by atomic mass is 10.2. The fourth-order valence-electron chi connectivity index (χ4n) is 1.96. The maximum Gasteiger partial charge on any atom is 0.247 e. The first-order chi connectivity index (χ1) is 10.3. The molecule has 3 rings (SSSR count). The predicted molar refractivity (Wildman–Crippen MR) is 76.1 cm³/mol. The van der Waals surface area contributed by atoms with E-state index in [1.807, 2.05) is 30.3 Å². The zero-order chi connectivity index (χ0) is 14.5. The first-order valence-electron chi connectivity index (χ1n) is 6.75. The lowest BCUT2D eigenvalue weighted by Crippen LogP contribution is -2.30. The summed E-state index contributed by atoms with van der Waals surface area (Å²) in [6.07, 6.45) is 3.22. The van der Waals surface area contributed by atoms with Gasteiger partial charge in [0, 0.05) is 11.6 Å². The topological polar surface area (TPSA) is 81.7 Å². The summed E-state index contributed by atoms with van der Waals surface area (Å²) in [6, 6.07) is 9.94. The molecule has 7 heteroatoms. The minimum Gasteiger partial charge on any atom is -0.419 e. The molecule has 7 nitrogen and oxygen atoms in total. The molecular weight excluding hydrogens is 268 g/mol. The summed E-state index contributed by atoms with van der Waals surface area (Å²) in [7, 11) is 0. The van der Waals surface area contributed by atoms with Crippen molar-refractivity contribution in [1.29, 1.82) is 0 Å². The second-order valence-corrected chi connectivity index (χ2v) is 4.77. The van der Waals surface area contributed by atoms with Gasteiger partial charge < -0.3 is 9.73 Å². The SMILES string of the molecule is C[C@@H](Cn1cncn1)NCc1nnc(-c2ccccc2)o1. The van der Waals surface area contributed by atoms with Crippen LogP contribution in [-0.2, 0) is 13.1 Å². The number of hydrogen-bond acceptors (Lipinski definition) is 6. The van der Waals surface area contributed by atoms with Gasteiger partial charge in [-0.15, -0.1) is 10.2 Å². The van der Waals surface area contributed by atoms with Crippen molar-refractivity contribution < 1.29 is 4.42 Å². The Hall–Kier alpha value is -2.54. The van der Waals surface area contributed by atoms with Crippen molar-refractivity contribution in [1.82, 2.24) is 30.3 Å². The Morgan fingerprint density at radius 3 is 2.86 bits per heavy atom. The molecule has 21 heavy (non-hydrogen) atoms. The minimum atomic E-state index is 0.221. The first kappa shape index (κ1) is 13.4. The molecule has 0 bridgehead atoms. The maximum absolute atomic E-state index is 5.64. The third kappa shape index (κ3) is 3.51. The summed E-state index contributed by atoms with van der Waals surface area (Å²) in [5.41, 5.74) is 0.923. The standard InChI is InChI=1S/C14H16N6O/c1-11(8-20-10-15-9-17-20)16-7-13-18-19-14(21-13)12-5-3-2-4-6-12/h2-6,9-11,16H,7-8H2,1H3/t11-/m0/s1. The van der Waals surface area contributed by atoms with Gasteiger partial charge in [0.15, 0.2) is 0 Å². The zero-order valence-electron chi connectivity index (χ0n) is 11.7. The van der Waals surface area contributed by atoms with Crippen LogP contribution in [0.25, 0.3) is 11.5 Å². The number of nitrogens with one attached hydrogen (secondary N) is 1. The van der Waals surface area contributed by atoms with E-state index in [9.17, 15) is 0 Å². The van der Waals surface area contributed by atoms with E-state index in [1.54, 1.807) is 11.0 Å². The van der Waals surface area contributed by atoms with Crippen LogP contribution in [0.3, 0.4) is 0 Å². The molecule has 108 valence electrons. The van der Waals surface area contributed by atoms with Gasteiger partial charge in [0.05, 0.1) is 13.1 Å². The van der Waals surface area contributed by atoms with Gasteiger partial charge in [0.1, 0.15) is 12.7 Å². The molecule has 1 atom stereocenters. The van der Waals surface area contributed by atoms with Gasteiger partial charge in [-0.05, 0) is 19.1 Å². The van der Waals surface area contributed by atoms with Crippen molar-refractivity contribution in [3.63, 3.8) is 0 Å². The monoisotopic (exact) mass is 284 g/mol. The summed E-state index contributed by atoms with van der Waals surface area (Å²) < 4.78 is 7.41.